The highest BCUT2D eigenvalue weighted by Gasteiger charge is 2.25. The number of nitrogens with one attached hydrogen (secondary N) is 1. The van der Waals surface area contributed by atoms with Crippen molar-refractivity contribution in [3.05, 3.63) is 18.2 Å². The van der Waals surface area contributed by atoms with Crippen LogP contribution >= 0.6 is 0 Å². The van der Waals surface area contributed by atoms with Crippen molar-refractivity contribution in [2.75, 3.05) is 18.1 Å². The summed E-state index contributed by atoms with van der Waals surface area (Å²) in [6, 6.07) is 0.984. The van der Waals surface area contributed by atoms with Gasteiger partial charge in [-0.05, 0) is 32.2 Å². The Kier molecular flexibility index (Phi) is 3.29. The predicted molar refractivity (Wildman–Crippen MR) is 68.4 cm³/mol. The van der Waals surface area contributed by atoms with E-state index in [1.165, 1.54) is 18.5 Å². The van der Waals surface area contributed by atoms with Gasteiger partial charge in [-0.25, -0.2) is 4.98 Å². The van der Waals surface area contributed by atoms with E-state index < -0.39 is 10.8 Å². The van der Waals surface area contributed by atoms with Crippen LogP contribution in [0.25, 0.3) is 0 Å². The predicted octanol–water partition coefficient (Wildman–Crippen LogP) is 1.39. The zero-order valence-electron chi connectivity index (χ0n) is 9.97. The van der Waals surface area contributed by atoms with E-state index in [4.69, 9.17) is 0 Å². The van der Waals surface area contributed by atoms with E-state index in [0.29, 0.717) is 12.1 Å². The van der Waals surface area contributed by atoms with Gasteiger partial charge in [-0.2, -0.15) is 0 Å². The first-order chi connectivity index (χ1) is 8.34. The fourth-order valence-corrected chi connectivity index (χ4v) is 4.16. The lowest BCUT2D eigenvalue weighted by Gasteiger charge is -2.26. The number of rotatable bonds is 2. The quantitative estimate of drug-likeness (QED) is 0.866. The Labute approximate surface area is 104 Å². The normalized spacial score (nSPS) is 34.0. The molecule has 1 N–H and O–H groups in total. The average molecular weight is 253 g/mol. The minimum atomic E-state index is -0.580. The number of hydrogen-bond acceptors (Lipinski definition) is 3. The molecule has 94 valence electrons. The molecule has 0 spiro atoms. The Bertz CT molecular complexity index is 402. The first-order valence-electron chi connectivity index (χ1n) is 6.44. The van der Waals surface area contributed by atoms with Crippen LogP contribution in [-0.2, 0) is 10.8 Å². The molecule has 0 amide bonds. The lowest BCUT2D eigenvalue weighted by molar-refractivity contribution is 0.431. The van der Waals surface area contributed by atoms with E-state index in [1.54, 1.807) is 0 Å². The summed E-state index contributed by atoms with van der Waals surface area (Å²) in [5.41, 5.74) is 1.32. The summed E-state index contributed by atoms with van der Waals surface area (Å²) in [5, 5.41) is 3.53. The Balaban J connectivity index is 1.78. The van der Waals surface area contributed by atoms with E-state index in [-0.39, 0.29) is 0 Å². The molecule has 2 aliphatic heterocycles. The number of hydrogen-bond donors (Lipinski definition) is 1. The molecule has 1 aromatic heterocycles. The van der Waals surface area contributed by atoms with Gasteiger partial charge < -0.3 is 9.88 Å². The van der Waals surface area contributed by atoms with E-state index in [2.05, 4.69) is 14.9 Å². The van der Waals surface area contributed by atoms with Gasteiger partial charge in [-0.3, -0.25) is 4.21 Å². The van der Waals surface area contributed by atoms with Gasteiger partial charge in [0, 0.05) is 40.6 Å². The number of aromatic nitrogens is 2. The summed E-state index contributed by atoms with van der Waals surface area (Å²) in [4.78, 5) is 4.31. The second kappa shape index (κ2) is 4.90. The van der Waals surface area contributed by atoms with Gasteiger partial charge in [0.1, 0.15) is 0 Å². The van der Waals surface area contributed by atoms with Crippen LogP contribution in [0.15, 0.2) is 12.5 Å². The molecule has 17 heavy (non-hydrogen) atoms. The molecule has 0 radical (unpaired) electrons. The molecule has 0 aromatic carbocycles. The van der Waals surface area contributed by atoms with Crippen LogP contribution in [0.2, 0.25) is 0 Å². The molecule has 3 heterocycles. The van der Waals surface area contributed by atoms with Crippen LogP contribution in [0, 0.1) is 0 Å². The Morgan fingerprint density at radius 3 is 2.88 bits per heavy atom. The third-order valence-electron chi connectivity index (χ3n) is 3.86. The van der Waals surface area contributed by atoms with Gasteiger partial charge in [0.15, 0.2) is 0 Å². The maximum Gasteiger partial charge on any atom is 0.0951 e. The van der Waals surface area contributed by atoms with Crippen LogP contribution in [-0.4, -0.2) is 31.8 Å². The van der Waals surface area contributed by atoms with Crippen molar-refractivity contribution < 1.29 is 4.21 Å². The highest BCUT2D eigenvalue weighted by molar-refractivity contribution is 7.85. The van der Waals surface area contributed by atoms with E-state index in [1.807, 2.05) is 12.5 Å². The molecule has 0 unspecified atom stereocenters. The van der Waals surface area contributed by atoms with Crippen LogP contribution in [0.1, 0.15) is 43.5 Å². The maximum absolute atomic E-state index is 11.4. The Morgan fingerprint density at radius 2 is 2.18 bits per heavy atom. The molecule has 1 atom stereocenters. The molecule has 5 heteroatoms. The minimum Gasteiger partial charge on any atom is -0.330 e. The third kappa shape index (κ3) is 2.31. The third-order valence-corrected chi connectivity index (χ3v) is 5.25. The second-order valence-electron chi connectivity index (χ2n) is 4.95. The Hall–Kier alpha value is -0.680. The van der Waals surface area contributed by atoms with Crippen molar-refractivity contribution in [2.45, 2.75) is 37.8 Å². The maximum atomic E-state index is 11.4. The highest BCUT2D eigenvalue weighted by Crippen LogP contribution is 2.29. The minimum absolute atomic E-state index is 0.477. The summed E-state index contributed by atoms with van der Waals surface area (Å²) in [6.45, 7) is 1.12. The largest absolute Gasteiger partial charge is 0.330 e. The fraction of sp³-hybridized carbons (Fsp3) is 0.750. The van der Waals surface area contributed by atoms with Gasteiger partial charge in [0.05, 0.1) is 12.0 Å². The zero-order chi connectivity index (χ0) is 11.7. The number of imidazole rings is 1. The van der Waals surface area contributed by atoms with E-state index >= 15 is 0 Å². The van der Waals surface area contributed by atoms with Crippen LogP contribution in [0.5, 0.6) is 0 Å². The summed E-state index contributed by atoms with van der Waals surface area (Å²) < 4.78 is 13.7. The van der Waals surface area contributed by atoms with Crippen LogP contribution in [0.3, 0.4) is 0 Å². The zero-order valence-corrected chi connectivity index (χ0v) is 10.8. The van der Waals surface area contributed by atoms with Crippen LogP contribution in [0.4, 0.5) is 0 Å². The van der Waals surface area contributed by atoms with Gasteiger partial charge in [0.2, 0.25) is 0 Å². The van der Waals surface area contributed by atoms with Crippen molar-refractivity contribution in [3.63, 3.8) is 0 Å². The summed E-state index contributed by atoms with van der Waals surface area (Å²) in [5.74, 6) is 1.70. The van der Waals surface area contributed by atoms with Gasteiger partial charge in [0.25, 0.3) is 0 Å². The second-order valence-corrected chi connectivity index (χ2v) is 6.65. The molecule has 4 nitrogen and oxygen atoms in total. The van der Waals surface area contributed by atoms with Gasteiger partial charge in [-0.15, -0.1) is 0 Å². The molecule has 1 aromatic rings. The molecule has 0 saturated carbocycles. The standard InChI is InChI=1S/C12H19N3OS/c16-17-6-3-10(4-7-17)15-9-13-8-12(15)11-2-1-5-14-11/h8-11,14H,1-7H2/t10?,11-,17?/m0/s1. The lowest BCUT2D eigenvalue weighted by atomic mass is 10.1. The monoisotopic (exact) mass is 253 g/mol. The van der Waals surface area contributed by atoms with Gasteiger partial charge in [-0.1, -0.05) is 0 Å². The lowest BCUT2D eigenvalue weighted by Crippen LogP contribution is -2.25. The van der Waals surface area contributed by atoms with E-state index in [0.717, 1.165) is 30.9 Å². The fourth-order valence-electron chi connectivity index (χ4n) is 2.89. The van der Waals surface area contributed by atoms with Gasteiger partial charge >= 0.3 is 0 Å². The molecule has 0 bridgehead atoms. The molecule has 0 aliphatic carbocycles. The van der Waals surface area contributed by atoms with Crippen molar-refractivity contribution in [2.24, 2.45) is 0 Å². The molecule has 2 saturated heterocycles. The first kappa shape index (κ1) is 11.4. The van der Waals surface area contributed by atoms with Crippen LogP contribution < -0.4 is 5.32 Å². The summed E-state index contributed by atoms with van der Waals surface area (Å²) >= 11 is 0. The molecular weight excluding hydrogens is 234 g/mol. The SMILES string of the molecule is O=S1CCC(n2cncc2[C@@H]2CCCN2)CC1. The molecule has 2 aliphatic rings. The average Bonchev–Trinajstić information content (AvgIpc) is 3.00. The summed E-state index contributed by atoms with van der Waals surface area (Å²) in [7, 11) is -0.580. The topological polar surface area (TPSA) is 46.9 Å². The molecule has 3 rings (SSSR count). The Morgan fingerprint density at radius 1 is 1.35 bits per heavy atom. The molecule has 2 fully saturated rings. The number of nitrogens with zero attached hydrogens (tertiary/aromatic N) is 2. The van der Waals surface area contributed by atoms with E-state index in [9.17, 15) is 4.21 Å². The van der Waals surface area contributed by atoms with Crippen molar-refractivity contribution >= 4 is 10.8 Å². The van der Waals surface area contributed by atoms with Crippen molar-refractivity contribution in [1.29, 1.82) is 0 Å². The highest BCUT2D eigenvalue weighted by atomic mass is 32.2. The van der Waals surface area contributed by atoms with Crippen molar-refractivity contribution in [3.8, 4) is 0 Å². The molecular formula is C12H19N3OS. The van der Waals surface area contributed by atoms with Crippen molar-refractivity contribution in [1.82, 2.24) is 14.9 Å². The first-order valence-corrected chi connectivity index (χ1v) is 7.93. The summed E-state index contributed by atoms with van der Waals surface area (Å²) in [6.07, 6.45) is 8.48. The smallest absolute Gasteiger partial charge is 0.0951 e.